The Hall–Kier alpha value is -2.81. The minimum absolute atomic E-state index is 0.201. The van der Waals surface area contributed by atoms with Crippen molar-refractivity contribution < 1.29 is 24.6 Å². The number of carbonyl (C=O) groups is 3. The van der Waals surface area contributed by atoms with E-state index in [2.05, 4.69) is 21.3 Å². The van der Waals surface area contributed by atoms with Crippen molar-refractivity contribution in [3.8, 4) is 5.75 Å². The van der Waals surface area contributed by atoms with Crippen molar-refractivity contribution in [1.29, 1.82) is 0 Å². The molecule has 1 aliphatic heterocycles. The van der Waals surface area contributed by atoms with Crippen molar-refractivity contribution in [1.82, 2.24) is 21.3 Å². The molecule has 2 atom stereocenters. The number of rotatable bonds is 9. The second-order valence-electron chi connectivity index (χ2n) is 7.38. The molecule has 0 saturated carbocycles. The van der Waals surface area contributed by atoms with E-state index in [-0.39, 0.29) is 36.7 Å². The van der Waals surface area contributed by atoms with Gasteiger partial charge in [-0.25, -0.2) is 4.79 Å². The van der Waals surface area contributed by atoms with E-state index in [4.69, 9.17) is 5.11 Å². The number of aromatic hydroxyl groups is 1. The van der Waals surface area contributed by atoms with E-state index in [0.29, 0.717) is 12.8 Å². The van der Waals surface area contributed by atoms with Crippen LogP contribution in [0.2, 0.25) is 0 Å². The standard InChI is InChI=1S/C20H30N4O5/c1-12-9-14(10-13(2)17(12)25)11-23-18(26)16(6-4-8-22-20(28)29)24-19(27)15-5-3-7-21-15/h9-10,15-16,21-22,25H,3-8,11H2,1-2H3,(H,23,26)(H,24,27)(H,28,29). The molecule has 3 amide bonds. The van der Waals surface area contributed by atoms with Crippen molar-refractivity contribution in [3.05, 3.63) is 28.8 Å². The van der Waals surface area contributed by atoms with Gasteiger partial charge in [-0.2, -0.15) is 0 Å². The summed E-state index contributed by atoms with van der Waals surface area (Å²) in [5, 5.41) is 29.5. The highest BCUT2D eigenvalue weighted by molar-refractivity contribution is 5.89. The Morgan fingerprint density at radius 2 is 1.90 bits per heavy atom. The van der Waals surface area contributed by atoms with Crippen molar-refractivity contribution in [2.75, 3.05) is 13.1 Å². The summed E-state index contributed by atoms with van der Waals surface area (Å²) in [6, 6.07) is 2.55. The quantitative estimate of drug-likeness (QED) is 0.337. The van der Waals surface area contributed by atoms with Crippen LogP contribution >= 0.6 is 0 Å². The number of carboxylic acid groups (broad SMARTS) is 1. The number of hydrogen-bond acceptors (Lipinski definition) is 5. The van der Waals surface area contributed by atoms with Crippen LogP contribution in [-0.2, 0) is 16.1 Å². The number of phenols is 1. The van der Waals surface area contributed by atoms with Gasteiger partial charge in [0.1, 0.15) is 11.8 Å². The van der Waals surface area contributed by atoms with E-state index in [0.717, 1.165) is 36.1 Å². The zero-order chi connectivity index (χ0) is 21.4. The van der Waals surface area contributed by atoms with Gasteiger partial charge in [-0.1, -0.05) is 12.1 Å². The summed E-state index contributed by atoms with van der Waals surface area (Å²) in [5.41, 5.74) is 2.30. The maximum Gasteiger partial charge on any atom is 0.404 e. The van der Waals surface area contributed by atoms with Gasteiger partial charge in [-0.15, -0.1) is 0 Å². The third-order valence-corrected chi connectivity index (χ3v) is 4.97. The molecule has 1 saturated heterocycles. The largest absolute Gasteiger partial charge is 0.507 e. The minimum atomic E-state index is -1.12. The molecule has 9 nitrogen and oxygen atoms in total. The fourth-order valence-electron chi connectivity index (χ4n) is 3.41. The molecule has 2 rings (SSSR count). The number of hydrogen-bond donors (Lipinski definition) is 6. The number of aryl methyl sites for hydroxylation is 2. The van der Waals surface area contributed by atoms with Crippen LogP contribution in [-0.4, -0.2) is 53.3 Å². The summed E-state index contributed by atoms with van der Waals surface area (Å²) >= 11 is 0. The number of carbonyl (C=O) groups excluding carboxylic acids is 2. The Balaban J connectivity index is 1.96. The van der Waals surface area contributed by atoms with Crippen molar-refractivity contribution in [2.24, 2.45) is 0 Å². The summed E-state index contributed by atoms with van der Waals surface area (Å²) < 4.78 is 0. The van der Waals surface area contributed by atoms with Gasteiger partial charge >= 0.3 is 6.09 Å². The SMILES string of the molecule is Cc1cc(CNC(=O)C(CCCNC(=O)O)NC(=O)C2CCCN2)cc(C)c1O. The lowest BCUT2D eigenvalue weighted by Crippen LogP contribution is -2.51. The summed E-state index contributed by atoms with van der Waals surface area (Å²) in [7, 11) is 0. The molecule has 1 aromatic carbocycles. The van der Waals surface area contributed by atoms with Crippen LogP contribution in [0.3, 0.4) is 0 Å². The zero-order valence-electron chi connectivity index (χ0n) is 16.9. The molecule has 1 aliphatic rings. The first-order valence-electron chi connectivity index (χ1n) is 9.85. The van der Waals surface area contributed by atoms with Gasteiger partial charge in [-0.3, -0.25) is 9.59 Å². The number of benzene rings is 1. The van der Waals surface area contributed by atoms with Crippen molar-refractivity contribution in [2.45, 2.75) is 58.2 Å². The Bertz CT molecular complexity index is 723. The number of phenolic OH excluding ortho intramolecular Hbond substituents is 1. The molecule has 0 radical (unpaired) electrons. The molecule has 160 valence electrons. The maximum atomic E-state index is 12.7. The lowest BCUT2D eigenvalue weighted by molar-refractivity contribution is -0.130. The molecular weight excluding hydrogens is 376 g/mol. The first-order valence-corrected chi connectivity index (χ1v) is 9.85. The van der Waals surface area contributed by atoms with Gasteiger partial charge in [0.2, 0.25) is 11.8 Å². The fourth-order valence-corrected chi connectivity index (χ4v) is 3.41. The Labute approximate surface area is 170 Å². The molecule has 1 fully saturated rings. The summed E-state index contributed by atoms with van der Waals surface area (Å²) in [5.74, 6) is -0.305. The van der Waals surface area contributed by atoms with Crippen molar-refractivity contribution >= 4 is 17.9 Å². The summed E-state index contributed by atoms with van der Waals surface area (Å²) in [6.07, 6.45) is 1.26. The zero-order valence-corrected chi connectivity index (χ0v) is 16.9. The third-order valence-electron chi connectivity index (χ3n) is 4.97. The van der Waals surface area contributed by atoms with Gasteiger partial charge < -0.3 is 31.5 Å². The molecule has 1 heterocycles. The van der Waals surface area contributed by atoms with Crippen molar-refractivity contribution in [3.63, 3.8) is 0 Å². The van der Waals surface area contributed by atoms with E-state index < -0.39 is 12.1 Å². The monoisotopic (exact) mass is 406 g/mol. The second-order valence-corrected chi connectivity index (χ2v) is 7.38. The smallest absolute Gasteiger partial charge is 0.404 e. The molecule has 9 heteroatoms. The lowest BCUT2D eigenvalue weighted by Gasteiger charge is -2.21. The average Bonchev–Trinajstić information content (AvgIpc) is 3.21. The van der Waals surface area contributed by atoms with Gasteiger partial charge in [0.05, 0.1) is 6.04 Å². The predicted octanol–water partition coefficient (Wildman–Crippen LogP) is 0.910. The Morgan fingerprint density at radius 3 is 2.48 bits per heavy atom. The van der Waals surface area contributed by atoms with E-state index in [1.807, 2.05) is 0 Å². The minimum Gasteiger partial charge on any atom is -0.507 e. The molecule has 1 aromatic rings. The lowest BCUT2D eigenvalue weighted by atomic mass is 10.1. The van der Waals surface area contributed by atoms with Gasteiger partial charge in [0.15, 0.2) is 0 Å². The second kappa shape index (κ2) is 10.7. The highest BCUT2D eigenvalue weighted by Gasteiger charge is 2.27. The van der Waals surface area contributed by atoms with Crippen LogP contribution < -0.4 is 21.3 Å². The topological polar surface area (TPSA) is 140 Å². The maximum absolute atomic E-state index is 12.7. The normalized spacial score (nSPS) is 16.8. The van der Waals surface area contributed by atoms with E-state index >= 15 is 0 Å². The van der Waals surface area contributed by atoms with E-state index in [9.17, 15) is 19.5 Å². The molecule has 6 N–H and O–H groups in total. The van der Waals surface area contributed by atoms with Crippen LogP contribution in [0.1, 0.15) is 42.4 Å². The predicted molar refractivity (Wildman–Crippen MR) is 108 cm³/mol. The number of amides is 3. The average molecular weight is 406 g/mol. The van der Waals surface area contributed by atoms with Gasteiger partial charge in [0.25, 0.3) is 0 Å². The van der Waals surface area contributed by atoms with E-state index in [1.54, 1.807) is 26.0 Å². The highest BCUT2D eigenvalue weighted by atomic mass is 16.4. The number of nitrogens with one attached hydrogen (secondary N) is 4. The van der Waals surface area contributed by atoms with Crippen LogP contribution in [0.5, 0.6) is 5.75 Å². The third kappa shape index (κ3) is 6.94. The first kappa shape index (κ1) is 22.5. The molecular formula is C20H30N4O5. The fraction of sp³-hybridized carbons (Fsp3) is 0.550. The molecule has 0 bridgehead atoms. The van der Waals surface area contributed by atoms with E-state index in [1.165, 1.54) is 0 Å². The summed E-state index contributed by atoms with van der Waals surface area (Å²) in [6.45, 7) is 4.83. The molecule has 0 aliphatic carbocycles. The Morgan fingerprint density at radius 1 is 1.21 bits per heavy atom. The Kier molecular flexibility index (Phi) is 8.26. The first-order chi connectivity index (χ1) is 13.8. The van der Waals surface area contributed by atoms with Crippen LogP contribution in [0.25, 0.3) is 0 Å². The molecule has 0 spiro atoms. The van der Waals surface area contributed by atoms with Gasteiger partial charge in [0, 0.05) is 13.1 Å². The van der Waals surface area contributed by atoms with Crippen LogP contribution in [0, 0.1) is 13.8 Å². The molecule has 29 heavy (non-hydrogen) atoms. The molecule has 0 aromatic heterocycles. The van der Waals surface area contributed by atoms with Crippen LogP contribution in [0.15, 0.2) is 12.1 Å². The highest BCUT2D eigenvalue weighted by Crippen LogP contribution is 2.22. The summed E-state index contributed by atoms with van der Waals surface area (Å²) in [4.78, 5) is 35.7. The van der Waals surface area contributed by atoms with Gasteiger partial charge in [-0.05, 0) is 62.8 Å². The molecule has 2 unspecified atom stereocenters. The van der Waals surface area contributed by atoms with Crippen LogP contribution in [0.4, 0.5) is 4.79 Å².